The molecular weight excluding hydrogens is 614 g/mol. The number of benzene rings is 2. The fourth-order valence-electron chi connectivity index (χ4n) is 8.77. The molecule has 2 N–H and O–H groups in total. The number of carbonyl (C=O) groups excluding carboxylic acids is 1. The molecule has 1 aliphatic carbocycles. The summed E-state index contributed by atoms with van der Waals surface area (Å²) in [6.45, 7) is 7.14. The molecule has 10 nitrogen and oxygen atoms in total. The van der Waals surface area contributed by atoms with Gasteiger partial charge >= 0.3 is 0 Å². The van der Waals surface area contributed by atoms with Crippen LogP contribution in [0.15, 0.2) is 60.8 Å². The molecule has 4 aliphatic rings. The second-order valence-corrected chi connectivity index (χ2v) is 15.0. The lowest BCUT2D eigenvalue weighted by Crippen LogP contribution is -2.63. The molecule has 5 heterocycles. The van der Waals surface area contributed by atoms with E-state index in [1.807, 2.05) is 24.3 Å². The first-order valence-corrected chi connectivity index (χ1v) is 18.2. The van der Waals surface area contributed by atoms with Gasteiger partial charge in [0.2, 0.25) is 5.95 Å². The highest BCUT2D eigenvalue weighted by Crippen LogP contribution is 2.43. The summed E-state index contributed by atoms with van der Waals surface area (Å²) in [5.41, 5.74) is 5.69. The van der Waals surface area contributed by atoms with Crippen LogP contribution in [0.1, 0.15) is 67.8 Å². The molecule has 1 spiro atoms. The van der Waals surface area contributed by atoms with E-state index in [2.05, 4.69) is 54.8 Å². The summed E-state index contributed by atoms with van der Waals surface area (Å²) < 4.78 is 7.76. The van der Waals surface area contributed by atoms with Crippen molar-refractivity contribution in [1.82, 2.24) is 24.3 Å². The first-order chi connectivity index (χ1) is 23.9. The summed E-state index contributed by atoms with van der Waals surface area (Å²) in [6, 6.07) is 18.6. The van der Waals surface area contributed by atoms with Crippen LogP contribution >= 0.6 is 0 Å². The number of aromatic nitrogens is 3. The number of likely N-dealkylation sites (tertiary alicyclic amines) is 2. The van der Waals surface area contributed by atoms with Crippen LogP contribution in [0, 0.1) is 5.41 Å². The number of ether oxygens (including phenoxy) is 1. The number of carbonyl (C=O) groups is 1. The van der Waals surface area contributed by atoms with E-state index >= 15 is 0 Å². The van der Waals surface area contributed by atoms with Gasteiger partial charge in [-0.05, 0) is 119 Å². The van der Waals surface area contributed by atoms with E-state index in [0.29, 0.717) is 34.4 Å². The van der Waals surface area contributed by atoms with Crippen molar-refractivity contribution in [1.29, 1.82) is 0 Å². The van der Waals surface area contributed by atoms with Gasteiger partial charge in [-0.15, -0.1) is 0 Å². The highest BCUT2D eigenvalue weighted by molar-refractivity contribution is 6.04. The number of methoxy groups -OCH3 is 1. The minimum absolute atomic E-state index is 0.143. The number of nitrogens with zero attached hydrogens (tertiary/aromatic N) is 6. The quantitative estimate of drug-likeness (QED) is 0.255. The van der Waals surface area contributed by atoms with Crippen LogP contribution in [0.25, 0.3) is 22.3 Å². The monoisotopic (exact) mass is 663 g/mol. The topological polar surface area (TPSA) is 99.0 Å². The van der Waals surface area contributed by atoms with Gasteiger partial charge in [0.25, 0.3) is 5.91 Å². The van der Waals surface area contributed by atoms with E-state index in [0.717, 1.165) is 55.4 Å². The summed E-state index contributed by atoms with van der Waals surface area (Å²) in [7, 11) is 3.89. The van der Waals surface area contributed by atoms with Gasteiger partial charge in [0.05, 0.1) is 29.9 Å². The van der Waals surface area contributed by atoms with Crippen LogP contribution in [0.5, 0.6) is 5.75 Å². The molecular formula is C39H49N7O3. The molecule has 3 saturated heterocycles. The highest BCUT2D eigenvalue weighted by atomic mass is 16.5. The maximum absolute atomic E-state index is 13.8. The molecule has 4 fully saturated rings. The number of para-hydroxylation sites is 1. The third-order valence-electron chi connectivity index (χ3n) is 11.8. The number of fused-ring (bicyclic) bond motifs is 1. The Morgan fingerprint density at radius 1 is 0.918 bits per heavy atom. The van der Waals surface area contributed by atoms with Crippen LogP contribution < -0.4 is 15.0 Å². The molecule has 2 aromatic carbocycles. The second kappa shape index (κ2) is 13.4. The van der Waals surface area contributed by atoms with E-state index in [4.69, 9.17) is 9.72 Å². The number of aliphatic hydroxyl groups is 1. The number of hydrogen-bond acceptors (Lipinski definition) is 8. The average Bonchev–Trinajstić information content (AvgIpc) is 3.48. The molecule has 0 radical (unpaired) electrons. The maximum atomic E-state index is 13.8. The first kappa shape index (κ1) is 32.2. The third kappa shape index (κ3) is 6.42. The Hall–Kier alpha value is -3.99. The Balaban J connectivity index is 1.01. The van der Waals surface area contributed by atoms with Crippen molar-refractivity contribution < 1.29 is 14.6 Å². The number of piperidine rings is 2. The Kier molecular flexibility index (Phi) is 8.80. The number of hydrogen-bond donors (Lipinski definition) is 2. The number of nitrogens with one attached hydrogen (secondary N) is 1. The highest BCUT2D eigenvalue weighted by Gasteiger charge is 2.46. The Labute approximate surface area is 289 Å². The van der Waals surface area contributed by atoms with Gasteiger partial charge in [0.1, 0.15) is 5.75 Å². The Bertz CT molecular complexity index is 1790. The molecule has 258 valence electrons. The Morgan fingerprint density at radius 2 is 1.67 bits per heavy atom. The lowest BCUT2D eigenvalue weighted by atomic mass is 9.71. The summed E-state index contributed by atoms with van der Waals surface area (Å²) in [5, 5.41) is 13.5. The lowest BCUT2D eigenvalue weighted by molar-refractivity contribution is -0.0704. The van der Waals surface area contributed by atoms with E-state index in [9.17, 15) is 9.90 Å². The summed E-state index contributed by atoms with van der Waals surface area (Å²) in [5.74, 6) is 1.02. The molecule has 10 heteroatoms. The number of pyridine rings is 1. The third-order valence-corrected chi connectivity index (χ3v) is 11.8. The van der Waals surface area contributed by atoms with Crippen molar-refractivity contribution in [2.24, 2.45) is 5.41 Å². The van der Waals surface area contributed by atoms with Gasteiger partial charge in [-0.2, -0.15) is 0 Å². The predicted octanol–water partition coefficient (Wildman–Crippen LogP) is 5.83. The zero-order valence-corrected chi connectivity index (χ0v) is 28.9. The molecule has 4 aromatic rings. The van der Waals surface area contributed by atoms with Crippen LogP contribution in [-0.2, 0) is 0 Å². The van der Waals surface area contributed by atoms with Crippen molar-refractivity contribution in [3.8, 4) is 17.0 Å². The van der Waals surface area contributed by atoms with Gasteiger partial charge in [-0.1, -0.05) is 12.1 Å². The zero-order chi connectivity index (χ0) is 33.5. The smallest absolute Gasteiger partial charge is 0.258 e. The van der Waals surface area contributed by atoms with E-state index < -0.39 is 0 Å². The van der Waals surface area contributed by atoms with Gasteiger partial charge in [-0.3, -0.25) is 20.0 Å². The number of imidazole rings is 1. The predicted molar refractivity (Wildman–Crippen MR) is 193 cm³/mol. The van der Waals surface area contributed by atoms with E-state index in [1.54, 1.807) is 25.4 Å². The number of rotatable bonds is 7. The zero-order valence-electron chi connectivity index (χ0n) is 28.9. The van der Waals surface area contributed by atoms with Gasteiger partial charge in [0.15, 0.2) is 0 Å². The van der Waals surface area contributed by atoms with E-state index in [-0.39, 0.29) is 18.1 Å². The summed E-state index contributed by atoms with van der Waals surface area (Å²) >= 11 is 0. The van der Waals surface area contributed by atoms with E-state index in [1.165, 1.54) is 57.5 Å². The van der Waals surface area contributed by atoms with Gasteiger partial charge in [0, 0.05) is 61.3 Å². The fourth-order valence-corrected chi connectivity index (χ4v) is 8.77. The number of aliphatic hydroxyl groups excluding tert-OH is 1. The maximum Gasteiger partial charge on any atom is 0.258 e. The minimum Gasteiger partial charge on any atom is -0.496 e. The average molecular weight is 664 g/mol. The molecule has 0 atom stereocenters. The largest absolute Gasteiger partial charge is 0.496 e. The summed E-state index contributed by atoms with van der Waals surface area (Å²) in [6.07, 6.45) is 9.63. The van der Waals surface area contributed by atoms with Gasteiger partial charge < -0.3 is 24.2 Å². The molecule has 8 rings (SSSR count). The Morgan fingerprint density at radius 3 is 2.43 bits per heavy atom. The standard InChI is InChI=1S/C39H49N7O3/c1-43-21-16-39(17-22-43)25-45(26-39)28-14-19-44(20-15-28)30-9-12-33-35(24-30)46(29-7-10-31(47)11-8-29)38(41-33)42-37(48)27-13-18-40-34(23-27)32-5-3-4-6-36(32)49-2/h3-6,9,12-13,18,23-24,28-29,31,47H,7-8,10-11,14-17,19-22,25-26H2,1-2H3,(H,41,42,48)/t29-,31+. The molecule has 0 unspecified atom stereocenters. The van der Waals surface area contributed by atoms with Crippen LogP contribution in [-0.4, -0.2) is 101 Å². The first-order valence-electron chi connectivity index (χ1n) is 18.2. The molecule has 2 aromatic heterocycles. The van der Waals surface area contributed by atoms with Crippen molar-refractivity contribution in [2.75, 3.05) is 63.6 Å². The lowest BCUT2D eigenvalue weighted by Gasteiger charge is -2.57. The van der Waals surface area contributed by atoms with Gasteiger partial charge in [-0.25, -0.2) is 4.98 Å². The normalized spacial score (nSPS) is 23.4. The SMILES string of the molecule is COc1ccccc1-c1cc(C(=O)Nc2nc3ccc(N4CCC(N5CC6(CCN(C)CC6)C5)CC4)cc3n2[C@H]2CC[C@@H](O)CC2)ccn1. The van der Waals surface area contributed by atoms with Crippen LogP contribution in [0.2, 0.25) is 0 Å². The summed E-state index contributed by atoms with van der Waals surface area (Å²) in [4.78, 5) is 31.0. The van der Waals surface area contributed by atoms with Crippen molar-refractivity contribution in [3.63, 3.8) is 0 Å². The van der Waals surface area contributed by atoms with Crippen molar-refractivity contribution in [2.45, 2.75) is 69.6 Å². The van der Waals surface area contributed by atoms with Crippen LogP contribution in [0.4, 0.5) is 11.6 Å². The van der Waals surface area contributed by atoms with Crippen molar-refractivity contribution in [3.05, 3.63) is 66.4 Å². The number of anilines is 2. The molecule has 1 saturated carbocycles. The molecule has 1 amide bonds. The second-order valence-electron chi connectivity index (χ2n) is 15.0. The fraction of sp³-hybridized carbons (Fsp3) is 0.513. The van der Waals surface area contributed by atoms with Crippen molar-refractivity contribution >= 4 is 28.6 Å². The minimum atomic E-state index is -0.271. The van der Waals surface area contributed by atoms with Crippen LogP contribution in [0.3, 0.4) is 0 Å². The molecule has 49 heavy (non-hydrogen) atoms. The molecule has 3 aliphatic heterocycles. The molecule has 0 bridgehead atoms. The number of amides is 1.